The molecule has 1 amide bonds. The van der Waals surface area contributed by atoms with Crippen molar-refractivity contribution >= 4 is 41.5 Å². The number of ether oxygens (including phenoxy) is 2. The maximum atomic E-state index is 12.0. The van der Waals surface area contributed by atoms with Crippen molar-refractivity contribution < 1.29 is 14.3 Å². The minimum Gasteiger partial charge on any atom is -0.381 e. The number of rotatable bonds is 9. The molecule has 0 bridgehead atoms. The van der Waals surface area contributed by atoms with Crippen LogP contribution in [0.3, 0.4) is 0 Å². The van der Waals surface area contributed by atoms with E-state index in [0.29, 0.717) is 24.2 Å². The topological polar surface area (TPSA) is 66.4 Å². The first kappa shape index (κ1) is 26.2. The second-order valence-corrected chi connectivity index (χ2v) is 9.10. The van der Waals surface area contributed by atoms with Gasteiger partial charge in [0.15, 0.2) is 5.96 Å². The summed E-state index contributed by atoms with van der Waals surface area (Å²) in [5, 5.41) is 3.53. The molecule has 0 aromatic heterocycles. The third-order valence-corrected chi connectivity index (χ3v) is 6.90. The highest BCUT2D eigenvalue weighted by molar-refractivity contribution is 14.0. The second kappa shape index (κ2) is 13.5. The summed E-state index contributed by atoms with van der Waals surface area (Å²) in [6.07, 6.45) is 5.90. The molecule has 0 radical (unpaired) electrons. The number of benzene rings is 1. The van der Waals surface area contributed by atoms with Gasteiger partial charge in [-0.1, -0.05) is 18.2 Å². The third-order valence-electron chi connectivity index (χ3n) is 6.90. The van der Waals surface area contributed by atoms with E-state index in [9.17, 15) is 4.79 Å². The molecule has 184 valence electrons. The summed E-state index contributed by atoms with van der Waals surface area (Å²) in [5.74, 6) is 2.30. The molecule has 0 aliphatic carbocycles. The Morgan fingerprint density at radius 1 is 1.27 bits per heavy atom. The minimum absolute atomic E-state index is 0. The van der Waals surface area contributed by atoms with E-state index in [1.807, 2.05) is 11.9 Å². The zero-order chi connectivity index (χ0) is 22.2. The zero-order valence-corrected chi connectivity index (χ0v) is 22.2. The molecule has 0 saturated carbocycles. The van der Waals surface area contributed by atoms with Crippen LogP contribution < -0.4 is 10.2 Å². The first-order valence-electron chi connectivity index (χ1n) is 12.3. The van der Waals surface area contributed by atoms with Crippen LogP contribution in [-0.4, -0.2) is 76.4 Å². The summed E-state index contributed by atoms with van der Waals surface area (Å²) < 4.78 is 11.3. The molecule has 4 rings (SSSR count). The Labute approximate surface area is 215 Å². The molecule has 0 spiro atoms. The fourth-order valence-corrected chi connectivity index (χ4v) is 5.03. The molecule has 1 N–H and O–H groups in total. The SMILES string of the molecule is CN=C(NCCCOCC1CCOCC1)N1CC(CCN2CCCC2=O)c2ccccc21.I. The van der Waals surface area contributed by atoms with Gasteiger partial charge in [0, 0.05) is 77.7 Å². The van der Waals surface area contributed by atoms with Crippen LogP contribution >= 0.6 is 24.0 Å². The van der Waals surface area contributed by atoms with Crippen molar-refractivity contribution in [3.05, 3.63) is 29.8 Å². The molecule has 3 aliphatic heterocycles. The average molecular weight is 571 g/mol. The predicted molar refractivity (Wildman–Crippen MR) is 143 cm³/mol. The molecule has 2 saturated heterocycles. The van der Waals surface area contributed by atoms with Gasteiger partial charge in [0.05, 0.1) is 0 Å². The number of aliphatic imine (C=N–C) groups is 1. The number of nitrogens with one attached hydrogen (secondary N) is 1. The summed E-state index contributed by atoms with van der Waals surface area (Å²) in [6, 6.07) is 8.61. The van der Waals surface area contributed by atoms with E-state index in [4.69, 9.17) is 9.47 Å². The molecule has 33 heavy (non-hydrogen) atoms. The number of para-hydroxylation sites is 1. The first-order valence-corrected chi connectivity index (χ1v) is 12.3. The van der Waals surface area contributed by atoms with E-state index in [0.717, 1.165) is 90.7 Å². The van der Waals surface area contributed by atoms with Gasteiger partial charge in [-0.2, -0.15) is 0 Å². The van der Waals surface area contributed by atoms with Crippen LogP contribution in [0.2, 0.25) is 0 Å². The number of guanidine groups is 1. The zero-order valence-electron chi connectivity index (χ0n) is 19.8. The Kier molecular flexibility index (Phi) is 10.7. The van der Waals surface area contributed by atoms with Crippen molar-refractivity contribution in [2.45, 2.75) is 44.4 Å². The highest BCUT2D eigenvalue weighted by Crippen LogP contribution is 2.38. The molecule has 7 nitrogen and oxygen atoms in total. The number of hydrogen-bond acceptors (Lipinski definition) is 4. The Hall–Kier alpha value is -1.39. The molecule has 1 aromatic rings. The number of amides is 1. The molecular weight excluding hydrogens is 531 g/mol. The van der Waals surface area contributed by atoms with Crippen molar-refractivity contribution in [3.8, 4) is 0 Å². The van der Waals surface area contributed by atoms with Crippen LogP contribution in [0.15, 0.2) is 29.3 Å². The van der Waals surface area contributed by atoms with Crippen LogP contribution in [0.1, 0.15) is 50.0 Å². The lowest BCUT2D eigenvalue weighted by atomic mass is 9.98. The second-order valence-electron chi connectivity index (χ2n) is 9.10. The first-order chi connectivity index (χ1) is 15.8. The molecule has 1 aromatic carbocycles. The lowest BCUT2D eigenvalue weighted by Crippen LogP contribution is -2.41. The monoisotopic (exact) mass is 570 g/mol. The van der Waals surface area contributed by atoms with Gasteiger partial charge in [-0.3, -0.25) is 9.79 Å². The molecule has 1 atom stereocenters. The Morgan fingerprint density at radius 2 is 2.09 bits per heavy atom. The fourth-order valence-electron chi connectivity index (χ4n) is 5.03. The Balaban J connectivity index is 0.00000306. The number of nitrogens with zero attached hydrogens (tertiary/aromatic N) is 3. The highest BCUT2D eigenvalue weighted by atomic mass is 127. The summed E-state index contributed by atoms with van der Waals surface area (Å²) >= 11 is 0. The smallest absolute Gasteiger partial charge is 0.222 e. The number of carbonyl (C=O) groups is 1. The lowest BCUT2D eigenvalue weighted by Gasteiger charge is -2.24. The van der Waals surface area contributed by atoms with Crippen molar-refractivity contribution in [2.75, 3.05) is 64.6 Å². The Bertz CT molecular complexity index is 785. The number of hydrogen-bond donors (Lipinski definition) is 1. The van der Waals surface area contributed by atoms with Gasteiger partial charge in [-0.05, 0) is 49.7 Å². The number of likely N-dealkylation sites (tertiary alicyclic amines) is 1. The van der Waals surface area contributed by atoms with E-state index in [2.05, 4.69) is 39.5 Å². The molecule has 2 fully saturated rings. The van der Waals surface area contributed by atoms with E-state index in [-0.39, 0.29) is 24.0 Å². The molecule has 3 heterocycles. The van der Waals surface area contributed by atoms with Crippen molar-refractivity contribution in [1.29, 1.82) is 0 Å². The third kappa shape index (κ3) is 7.05. The maximum absolute atomic E-state index is 12.0. The van der Waals surface area contributed by atoms with E-state index in [1.54, 1.807) is 0 Å². The predicted octanol–water partition coefficient (Wildman–Crippen LogP) is 3.63. The summed E-state index contributed by atoms with van der Waals surface area (Å²) in [6.45, 7) is 6.87. The quantitative estimate of drug-likeness (QED) is 0.213. The largest absolute Gasteiger partial charge is 0.381 e. The van der Waals surface area contributed by atoms with E-state index < -0.39 is 0 Å². The Morgan fingerprint density at radius 3 is 2.85 bits per heavy atom. The number of halogens is 1. The summed E-state index contributed by atoms with van der Waals surface area (Å²) in [7, 11) is 1.85. The number of carbonyl (C=O) groups excluding carboxylic acids is 1. The van der Waals surface area contributed by atoms with Crippen molar-refractivity contribution in [2.24, 2.45) is 10.9 Å². The van der Waals surface area contributed by atoms with E-state index in [1.165, 1.54) is 11.3 Å². The maximum Gasteiger partial charge on any atom is 0.222 e. The van der Waals surface area contributed by atoms with Crippen LogP contribution in [0.25, 0.3) is 0 Å². The lowest BCUT2D eigenvalue weighted by molar-refractivity contribution is -0.127. The molecular formula is C25H39IN4O3. The molecule has 3 aliphatic rings. The highest BCUT2D eigenvalue weighted by Gasteiger charge is 2.32. The minimum atomic E-state index is 0. The number of anilines is 1. The summed E-state index contributed by atoms with van der Waals surface area (Å²) in [4.78, 5) is 20.9. The van der Waals surface area contributed by atoms with Crippen molar-refractivity contribution in [3.63, 3.8) is 0 Å². The summed E-state index contributed by atoms with van der Waals surface area (Å²) in [5.41, 5.74) is 2.59. The van der Waals surface area contributed by atoms with Gasteiger partial charge in [0.25, 0.3) is 0 Å². The average Bonchev–Trinajstić information content (AvgIpc) is 3.41. The van der Waals surface area contributed by atoms with Gasteiger partial charge in [-0.25, -0.2) is 0 Å². The van der Waals surface area contributed by atoms with Crippen LogP contribution in [0, 0.1) is 5.92 Å². The van der Waals surface area contributed by atoms with Gasteiger partial charge < -0.3 is 24.6 Å². The van der Waals surface area contributed by atoms with Crippen LogP contribution in [0.4, 0.5) is 5.69 Å². The standard InChI is InChI=1S/C25H38N4O3.HI/c1-26-25(27-12-5-15-32-19-20-10-16-31-17-11-20)29-18-21(22-6-2-3-7-23(22)29)9-14-28-13-4-8-24(28)30;/h2-3,6-7,20-21H,4-5,8-19H2,1H3,(H,26,27);1H. The van der Waals surface area contributed by atoms with Gasteiger partial charge >= 0.3 is 0 Å². The molecule has 1 unspecified atom stereocenters. The van der Waals surface area contributed by atoms with Gasteiger partial charge in [0.2, 0.25) is 5.91 Å². The van der Waals surface area contributed by atoms with E-state index >= 15 is 0 Å². The molecule has 8 heteroatoms. The number of fused-ring (bicyclic) bond motifs is 1. The van der Waals surface area contributed by atoms with Crippen LogP contribution in [0.5, 0.6) is 0 Å². The van der Waals surface area contributed by atoms with Gasteiger partial charge in [0.1, 0.15) is 0 Å². The van der Waals surface area contributed by atoms with Gasteiger partial charge in [-0.15, -0.1) is 24.0 Å². The van der Waals surface area contributed by atoms with Crippen LogP contribution in [-0.2, 0) is 14.3 Å². The van der Waals surface area contributed by atoms with Crippen molar-refractivity contribution in [1.82, 2.24) is 10.2 Å². The fraction of sp³-hybridized carbons (Fsp3) is 0.680. The normalized spacial score (nSPS) is 21.3.